The van der Waals surface area contributed by atoms with Gasteiger partial charge in [-0.2, -0.15) is 13.2 Å². The molecule has 0 aliphatic carbocycles. The van der Waals surface area contributed by atoms with E-state index >= 15 is 0 Å². The fourth-order valence-electron chi connectivity index (χ4n) is 4.00. The van der Waals surface area contributed by atoms with Crippen molar-refractivity contribution in [1.29, 1.82) is 0 Å². The molecule has 0 aliphatic rings. The van der Waals surface area contributed by atoms with Crippen LogP contribution in [0.5, 0.6) is 5.75 Å². The van der Waals surface area contributed by atoms with Gasteiger partial charge in [-0.3, -0.25) is 4.79 Å². The molecule has 5 rings (SSSR count). The van der Waals surface area contributed by atoms with E-state index in [0.717, 1.165) is 11.6 Å². The third-order valence-corrected chi connectivity index (χ3v) is 5.61. The lowest BCUT2D eigenvalue weighted by molar-refractivity contribution is -0.152. The van der Waals surface area contributed by atoms with Crippen LogP contribution in [-0.4, -0.2) is 5.97 Å². The highest BCUT2D eigenvalue weighted by molar-refractivity contribution is 5.99. The van der Waals surface area contributed by atoms with Gasteiger partial charge in [-0.25, -0.2) is 4.79 Å². The Balaban J connectivity index is 1.59. The number of benzene rings is 4. The Bertz CT molecular complexity index is 1680. The van der Waals surface area contributed by atoms with Gasteiger partial charge in [-0.1, -0.05) is 72.8 Å². The monoisotopic (exact) mass is 486 g/mol. The van der Waals surface area contributed by atoms with E-state index in [1.165, 1.54) is 24.3 Å². The number of rotatable bonds is 4. The summed E-state index contributed by atoms with van der Waals surface area (Å²) >= 11 is 0. The second-order valence-electron chi connectivity index (χ2n) is 7.98. The largest absolute Gasteiger partial charge is 0.450 e. The predicted octanol–water partition coefficient (Wildman–Crippen LogP) is 7.25. The van der Waals surface area contributed by atoms with Crippen LogP contribution in [0.3, 0.4) is 0 Å². The first-order valence-electron chi connectivity index (χ1n) is 10.9. The van der Waals surface area contributed by atoms with Gasteiger partial charge >= 0.3 is 12.1 Å². The van der Waals surface area contributed by atoms with Crippen LogP contribution < -0.4 is 10.2 Å². The molecule has 0 unspecified atom stereocenters. The highest BCUT2D eigenvalue weighted by Crippen LogP contribution is 2.39. The molecule has 36 heavy (non-hydrogen) atoms. The number of esters is 1. The topological polar surface area (TPSA) is 56.5 Å². The molecule has 178 valence electrons. The first-order chi connectivity index (χ1) is 17.3. The summed E-state index contributed by atoms with van der Waals surface area (Å²) in [4.78, 5) is 25.6. The van der Waals surface area contributed by atoms with Gasteiger partial charge in [0.05, 0.1) is 10.9 Å². The minimum absolute atomic E-state index is 0.0561. The summed E-state index contributed by atoms with van der Waals surface area (Å²) in [5.41, 5.74) is -0.842. The standard InChI is InChI=1S/C29H17F3O4/c30-29(31,32)28-26(22-12-6-10-19-9-4-5-11-21(19)22)27(34)23-15-14-20(17-24(23)36-28)35-25(33)16-13-18-7-2-1-3-8-18/h1-17H/b16-13+. The maximum absolute atomic E-state index is 14.1. The summed E-state index contributed by atoms with van der Waals surface area (Å²) in [6.07, 6.45) is -2.20. The van der Waals surface area contributed by atoms with Crippen LogP contribution in [0.4, 0.5) is 13.2 Å². The van der Waals surface area contributed by atoms with Gasteiger partial charge in [-0.15, -0.1) is 0 Å². The highest BCUT2D eigenvalue weighted by Gasteiger charge is 2.39. The molecule has 0 amide bonds. The van der Waals surface area contributed by atoms with Crippen molar-refractivity contribution in [3.05, 3.63) is 119 Å². The maximum Gasteiger partial charge on any atom is 0.450 e. The summed E-state index contributed by atoms with van der Waals surface area (Å²) in [6, 6.07) is 24.4. The zero-order valence-electron chi connectivity index (χ0n) is 18.6. The third kappa shape index (κ3) is 4.51. The van der Waals surface area contributed by atoms with Crippen molar-refractivity contribution >= 4 is 33.8 Å². The van der Waals surface area contributed by atoms with Crippen molar-refractivity contribution in [3.63, 3.8) is 0 Å². The number of ether oxygens (including phenoxy) is 1. The van der Waals surface area contributed by atoms with Crippen molar-refractivity contribution in [2.24, 2.45) is 0 Å². The molecular formula is C29H17F3O4. The molecule has 0 N–H and O–H groups in total. The van der Waals surface area contributed by atoms with Crippen LogP contribution in [0.25, 0.3) is 38.9 Å². The number of carbonyl (C=O) groups is 1. The summed E-state index contributed by atoms with van der Waals surface area (Å²) in [6.45, 7) is 0. The first kappa shape index (κ1) is 23.1. The molecule has 1 heterocycles. The molecule has 4 nitrogen and oxygen atoms in total. The summed E-state index contributed by atoms with van der Waals surface area (Å²) in [5.74, 6) is -2.20. The zero-order valence-corrected chi connectivity index (χ0v) is 18.6. The molecule has 5 aromatic rings. The molecule has 0 atom stereocenters. The van der Waals surface area contributed by atoms with Crippen molar-refractivity contribution in [1.82, 2.24) is 0 Å². The second-order valence-corrected chi connectivity index (χ2v) is 7.98. The van der Waals surface area contributed by atoms with Gasteiger partial charge in [0.25, 0.3) is 0 Å². The van der Waals surface area contributed by atoms with Gasteiger partial charge in [-0.05, 0) is 40.1 Å². The lowest BCUT2D eigenvalue weighted by Gasteiger charge is -2.14. The van der Waals surface area contributed by atoms with Crippen molar-refractivity contribution in [2.45, 2.75) is 6.18 Å². The van der Waals surface area contributed by atoms with Crippen LogP contribution in [0.2, 0.25) is 0 Å². The summed E-state index contributed by atoms with van der Waals surface area (Å²) in [7, 11) is 0. The van der Waals surface area contributed by atoms with E-state index in [4.69, 9.17) is 9.15 Å². The fourth-order valence-corrected chi connectivity index (χ4v) is 4.00. The van der Waals surface area contributed by atoms with Crippen LogP contribution in [0, 0.1) is 0 Å². The van der Waals surface area contributed by atoms with Crippen LogP contribution in [-0.2, 0) is 11.0 Å². The predicted molar refractivity (Wildman–Crippen MR) is 132 cm³/mol. The van der Waals surface area contributed by atoms with Crippen molar-refractivity contribution < 1.29 is 27.1 Å². The van der Waals surface area contributed by atoms with Gasteiger partial charge in [0.1, 0.15) is 11.3 Å². The Kier molecular flexibility index (Phi) is 5.90. The van der Waals surface area contributed by atoms with Crippen LogP contribution in [0.1, 0.15) is 11.3 Å². The molecule has 0 spiro atoms. The number of carbonyl (C=O) groups excluding carboxylic acids is 1. The molecule has 0 aliphatic heterocycles. The van der Waals surface area contributed by atoms with Gasteiger partial charge in [0.2, 0.25) is 11.2 Å². The number of halogens is 3. The Hall–Kier alpha value is -4.65. The summed E-state index contributed by atoms with van der Waals surface area (Å²) < 4.78 is 52.7. The first-order valence-corrected chi connectivity index (χ1v) is 10.9. The number of hydrogen-bond donors (Lipinski definition) is 0. The zero-order chi connectivity index (χ0) is 25.3. The van der Waals surface area contributed by atoms with E-state index in [0.29, 0.717) is 10.8 Å². The van der Waals surface area contributed by atoms with E-state index in [9.17, 15) is 22.8 Å². The quantitative estimate of drug-likeness (QED) is 0.153. The van der Waals surface area contributed by atoms with Crippen molar-refractivity contribution in [2.75, 3.05) is 0 Å². The molecule has 4 aromatic carbocycles. The molecule has 0 saturated heterocycles. The van der Waals surface area contributed by atoms with E-state index in [-0.39, 0.29) is 22.3 Å². The maximum atomic E-state index is 14.1. The number of alkyl halides is 3. The SMILES string of the molecule is O=C(/C=C/c1ccccc1)Oc1ccc2c(=O)c(-c3cccc4ccccc34)c(C(F)(F)F)oc2c1. The average molecular weight is 486 g/mol. The molecule has 7 heteroatoms. The van der Waals surface area contributed by atoms with Crippen LogP contribution in [0.15, 0.2) is 106 Å². The normalized spacial score (nSPS) is 11.9. The molecule has 0 fully saturated rings. The summed E-state index contributed by atoms with van der Waals surface area (Å²) in [5, 5.41) is 1.12. The molecule has 0 saturated carbocycles. The Morgan fingerprint density at radius 3 is 2.33 bits per heavy atom. The van der Waals surface area contributed by atoms with E-state index in [1.807, 2.05) is 6.07 Å². The van der Waals surface area contributed by atoms with Gasteiger partial charge < -0.3 is 9.15 Å². The molecule has 1 aromatic heterocycles. The molecule has 0 radical (unpaired) electrons. The smallest absolute Gasteiger partial charge is 0.450 e. The molecular weight excluding hydrogens is 469 g/mol. The van der Waals surface area contributed by atoms with Crippen LogP contribution >= 0.6 is 0 Å². The average Bonchev–Trinajstić information content (AvgIpc) is 2.87. The second kappa shape index (κ2) is 9.19. The van der Waals surface area contributed by atoms with E-state index in [1.54, 1.807) is 66.7 Å². The van der Waals surface area contributed by atoms with Gasteiger partial charge in [0, 0.05) is 12.1 Å². The highest BCUT2D eigenvalue weighted by atomic mass is 19.4. The minimum Gasteiger partial charge on any atom is -0.450 e. The van der Waals surface area contributed by atoms with Crippen molar-refractivity contribution in [3.8, 4) is 16.9 Å². The minimum atomic E-state index is -4.94. The lowest BCUT2D eigenvalue weighted by atomic mass is 9.96. The Labute approximate surface area is 202 Å². The fraction of sp³-hybridized carbons (Fsp3) is 0.0345. The Morgan fingerprint density at radius 2 is 1.56 bits per heavy atom. The lowest BCUT2D eigenvalue weighted by Crippen LogP contribution is -2.16. The Morgan fingerprint density at radius 1 is 0.833 bits per heavy atom. The number of hydrogen-bond acceptors (Lipinski definition) is 4. The third-order valence-electron chi connectivity index (χ3n) is 5.61. The van der Waals surface area contributed by atoms with Gasteiger partial charge in [0.15, 0.2) is 0 Å². The molecule has 0 bridgehead atoms. The number of fused-ring (bicyclic) bond motifs is 2. The van der Waals surface area contributed by atoms with E-state index in [2.05, 4.69) is 0 Å². The van der Waals surface area contributed by atoms with E-state index < -0.39 is 28.9 Å².